The summed E-state index contributed by atoms with van der Waals surface area (Å²) in [5, 5.41) is 0. The van der Waals surface area contributed by atoms with Crippen molar-refractivity contribution in [2.24, 2.45) is 16.8 Å². The van der Waals surface area contributed by atoms with E-state index in [-0.39, 0.29) is 24.6 Å². The maximum atomic E-state index is 14.5. The van der Waals surface area contributed by atoms with E-state index in [0.717, 1.165) is 5.56 Å². The second-order valence-electron chi connectivity index (χ2n) is 9.60. The van der Waals surface area contributed by atoms with Gasteiger partial charge >= 0.3 is 11.9 Å². The number of allylic oxidation sites excluding steroid dienone is 1. The number of esters is 2. The molecule has 1 aliphatic carbocycles. The van der Waals surface area contributed by atoms with E-state index in [1.165, 1.54) is 7.11 Å². The number of rotatable bonds is 9. The predicted octanol–water partition coefficient (Wildman–Crippen LogP) is 4.64. The van der Waals surface area contributed by atoms with Crippen LogP contribution in [-0.4, -0.2) is 58.0 Å². The molecule has 4 rings (SSSR count). The lowest BCUT2D eigenvalue weighted by Gasteiger charge is -2.41. The van der Waals surface area contributed by atoms with Gasteiger partial charge in [-0.1, -0.05) is 18.2 Å². The molecule has 0 spiro atoms. The van der Waals surface area contributed by atoms with E-state index < -0.39 is 35.6 Å². The number of aliphatic imine (C=N–C) groups is 1. The van der Waals surface area contributed by atoms with Gasteiger partial charge in [-0.2, -0.15) is 0 Å². The molecule has 9 nitrogen and oxygen atoms in total. The van der Waals surface area contributed by atoms with E-state index in [4.69, 9.17) is 28.7 Å². The van der Waals surface area contributed by atoms with Gasteiger partial charge in [0, 0.05) is 34.9 Å². The summed E-state index contributed by atoms with van der Waals surface area (Å²) in [5.74, 6) is -3.13. The summed E-state index contributed by atoms with van der Waals surface area (Å²) < 4.78 is 27.2. The van der Waals surface area contributed by atoms with Crippen LogP contribution >= 0.6 is 0 Å². The zero-order valence-corrected chi connectivity index (χ0v) is 23.7. The molecule has 1 saturated carbocycles. The topological polar surface area (TPSA) is 110 Å². The van der Waals surface area contributed by atoms with E-state index in [1.807, 2.05) is 12.1 Å². The number of nitrogens with zero attached hydrogens (tertiary/aromatic N) is 1. The number of fused-ring (bicyclic) bond motifs is 1. The number of carbonyl (C=O) groups excluding carboxylic acids is 3. The van der Waals surface area contributed by atoms with Gasteiger partial charge in [-0.25, -0.2) is 4.79 Å². The highest BCUT2D eigenvalue weighted by molar-refractivity contribution is 6.18. The van der Waals surface area contributed by atoms with E-state index in [9.17, 15) is 14.4 Å². The molecule has 4 atom stereocenters. The summed E-state index contributed by atoms with van der Waals surface area (Å²) in [7, 11) is 4.63. The number of methoxy groups -OCH3 is 3. The van der Waals surface area contributed by atoms with Crippen LogP contribution in [0.3, 0.4) is 0 Å². The Hall–Kier alpha value is -4.14. The summed E-state index contributed by atoms with van der Waals surface area (Å²) in [4.78, 5) is 46.0. The van der Waals surface area contributed by atoms with Gasteiger partial charge in [-0.15, -0.1) is 0 Å². The van der Waals surface area contributed by atoms with Gasteiger partial charge in [-0.05, 0) is 51.0 Å². The Morgan fingerprint density at radius 1 is 0.875 bits per heavy atom. The lowest BCUT2D eigenvalue weighted by molar-refractivity contribution is -0.153. The van der Waals surface area contributed by atoms with Crippen molar-refractivity contribution in [2.75, 3.05) is 34.5 Å². The van der Waals surface area contributed by atoms with Crippen molar-refractivity contribution >= 4 is 23.4 Å². The number of Topliss-reactive ketones (excluding diaryl/α,β-unsaturated/α-hetero) is 1. The van der Waals surface area contributed by atoms with E-state index in [0.29, 0.717) is 40.6 Å². The largest absolute Gasteiger partial charge is 0.497 e. The first-order chi connectivity index (χ1) is 19.3. The van der Waals surface area contributed by atoms with Crippen LogP contribution in [0.15, 0.2) is 58.7 Å². The zero-order chi connectivity index (χ0) is 29.0. The average Bonchev–Trinajstić information content (AvgIpc) is 2.96. The summed E-state index contributed by atoms with van der Waals surface area (Å²) in [6.07, 6.45) is 0.328. The molecule has 1 fully saturated rings. The number of benzene rings is 2. The minimum Gasteiger partial charge on any atom is -0.497 e. The van der Waals surface area contributed by atoms with Crippen LogP contribution in [0, 0.1) is 11.8 Å². The summed E-state index contributed by atoms with van der Waals surface area (Å²) >= 11 is 0. The molecule has 0 radical (unpaired) electrons. The smallest absolute Gasteiger partial charge is 0.336 e. The Morgan fingerprint density at radius 2 is 1.52 bits per heavy atom. The normalized spacial score (nSPS) is 22.1. The maximum Gasteiger partial charge on any atom is 0.336 e. The number of hydrogen-bond acceptors (Lipinski definition) is 9. The highest BCUT2D eigenvalue weighted by Gasteiger charge is 2.53. The van der Waals surface area contributed by atoms with Gasteiger partial charge in [0.05, 0.1) is 46.0 Å². The van der Waals surface area contributed by atoms with Crippen molar-refractivity contribution in [1.29, 1.82) is 0 Å². The minimum atomic E-state index is -1.09. The second-order valence-corrected chi connectivity index (χ2v) is 9.60. The molecule has 0 amide bonds. The third kappa shape index (κ3) is 5.33. The van der Waals surface area contributed by atoms with Crippen LogP contribution in [-0.2, 0) is 23.9 Å². The molecule has 1 unspecified atom stereocenters. The average molecular weight is 550 g/mol. The van der Waals surface area contributed by atoms with Crippen molar-refractivity contribution in [3.8, 4) is 17.2 Å². The molecular formula is C31H35NO8. The van der Waals surface area contributed by atoms with Crippen LogP contribution in [0.2, 0.25) is 0 Å². The molecule has 0 N–H and O–H groups in total. The minimum absolute atomic E-state index is 0.131. The lowest BCUT2D eigenvalue weighted by Crippen LogP contribution is -2.48. The Kier molecular flexibility index (Phi) is 8.92. The van der Waals surface area contributed by atoms with Crippen LogP contribution < -0.4 is 14.2 Å². The standard InChI is InChI=1S/C31H35NO8/c1-7-39-30(34)25-17(3)32-23-16-22(18-9-11-19(36-4)12-10-18)27(31(35)40-8-2)29(33)28(23)26(25)21-14-13-20(37-5)15-24(21)38-6/h9-15,22,26-28H,7-8,16H2,1-6H3/t22-,26+,27+,28?/m0/s1. The summed E-state index contributed by atoms with van der Waals surface area (Å²) in [5.41, 5.74) is 2.72. The fourth-order valence-electron chi connectivity index (χ4n) is 5.73. The molecule has 0 saturated heterocycles. The molecular weight excluding hydrogens is 514 g/mol. The predicted molar refractivity (Wildman–Crippen MR) is 148 cm³/mol. The van der Waals surface area contributed by atoms with Gasteiger partial charge in [0.25, 0.3) is 0 Å². The zero-order valence-electron chi connectivity index (χ0n) is 23.7. The van der Waals surface area contributed by atoms with Crippen molar-refractivity contribution in [1.82, 2.24) is 0 Å². The number of ether oxygens (including phenoxy) is 5. The monoisotopic (exact) mass is 549 g/mol. The van der Waals surface area contributed by atoms with Gasteiger partial charge in [-0.3, -0.25) is 14.6 Å². The SMILES string of the molecule is CCOC(=O)C1=C(C)N=C2C[C@@H](c3ccc(OC)cc3)[C@@H](C(=O)OCC)C(=O)C2[C@@H]1c1ccc(OC)cc1OC. The van der Waals surface area contributed by atoms with Gasteiger partial charge in [0.1, 0.15) is 23.2 Å². The first-order valence-corrected chi connectivity index (χ1v) is 13.3. The van der Waals surface area contributed by atoms with Crippen molar-refractivity contribution in [2.45, 2.75) is 39.0 Å². The van der Waals surface area contributed by atoms with Gasteiger partial charge < -0.3 is 23.7 Å². The molecule has 1 aliphatic heterocycles. The van der Waals surface area contributed by atoms with E-state index in [1.54, 1.807) is 65.3 Å². The Labute approximate surface area is 234 Å². The third-order valence-corrected chi connectivity index (χ3v) is 7.50. The highest BCUT2D eigenvalue weighted by atomic mass is 16.5. The molecule has 2 aromatic carbocycles. The summed E-state index contributed by atoms with van der Waals surface area (Å²) in [6.45, 7) is 5.45. The molecule has 2 aliphatic rings. The molecule has 40 heavy (non-hydrogen) atoms. The molecule has 0 bridgehead atoms. The highest BCUT2D eigenvalue weighted by Crippen LogP contribution is 2.50. The Balaban J connectivity index is 1.91. The number of hydrogen-bond donors (Lipinski definition) is 0. The van der Waals surface area contributed by atoms with Gasteiger partial charge in [0.15, 0.2) is 5.78 Å². The Bertz CT molecular complexity index is 1340. The molecule has 0 aromatic heterocycles. The van der Waals surface area contributed by atoms with E-state index in [2.05, 4.69) is 0 Å². The van der Waals surface area contributed by atoms with Crippen LogP contribution in [0.1, 0.15) is 50.2 Å². The van der Waals surface area contributed by atoms with Crippen LogP contribution in [0.4, 0.5) is 0 Å². The van der Waals surface area contributed by atoms with Crippen LogP contribution in [0.25, 0.3) is 0 Å². The van der Waals surface area contributed by atoms with Crippen molar-refractivity contribution in [3.63, 3.8) is 0 Å². The lowest BCUT2D eigenvalue weighted by atomic mass is 9.62. The molecule has 9 heteroatoms. The van der Waals surface area contributed by atoms with E-state index >= 15 is 0 Å². The summed E-state index contributed by atoms with van der Waals surface area (Å²) in [6, 6.07) is 12.5. The first-order valence-electron chi connectivity index (χ1n) is 13.3. The van der Waals surface area contributed by atoms with Gasteiger partial charge in [0.2, 0.25) is 0 Å². The molecule has 212 valence electrons. The fraction of sp³-hybridized carbons (Fsp3) is 0.419. The Morgan fingerprint density at radius 3 is 2.12 bits per heavy atom. The fourth-order valence-corrected chi connectivity index (χ4v) is 5.73. The van der Waals surface area contributed by atoms with Crippen molar-refractivity contribution < 1.29 is 38.1 Å². The number of carbonyl (C=O) groups is 3. The molecule has 1 heterocycles. The maximum absolute atomic E-state index is 14.5. The second kappa shape index (κ2) is 12.4. The molecule has 2 aromatic rings. The van der Waals surface area contributed by atoms with Crippen molar-refractivity contribution in [3.05, 3.63) is 64.9 Å². The quantitative estimate of drug-likeness (QED) is 0.329. The first kappa shape index (κ1) is 28.9. The third-order valence-electron chi connectivity index (χ3n) is 7.50. The number of ketones is 1. The van der Waals surface area contributed by atoms with Crippen LogP contribution in [0.5, 0.6) is 17.2 Å².